The molecule has 0 bridgehead atoms. The lowest BCUT2D eigenvalue weighted by atomic mass is 9.99. The van der Waals surface area contributed by atoms with Crippen LogP contribution in [0, 0.1) is 0 Å². The highest BCUT2D eigenvalue weighted by molar-refractivity contribution is 4.87. The van der Waals surface area contributed by atoms with Crippen LogP contribution in [0.15, 0.2) is 0 Å². The van der Waals surface area contributed by atoms with Crippen molar-refractivity contribution in [3.8, 4) is 0 Å². The third-order valence-corrected chi connectivity index (χ3v) is 1.56. The fourth-order valence-corrected chi connectivity index (χ4v) is 0.483. The molecule has 1 rings (SSSR count). The molecule has 1 saturated heterocycles. The normalized spacial score (nSPS) is 52.0. The molecule has 0 spiro atoms. The first-order valence-corrected chi connectivity index (χ1v) is 2.71. The van der Waals surface area contributed by atoms with Crippen molar-refractivity contribution in [3.63, 3.8) is 0 Å². The molecule has 1 fully saturated rings. The van der Waals surface area contributed by atoms with Crippen molar-refractivity contribution in [1.29, 1.82) is 0 Å². The predicted molar refractivity (Wildman–Crippen MR) is 28.3 cm³/mol. The van der Waals surface area contributed by atoms with Crippen molar-refractivity contribution >= 4 is 0 Å². The lowest BCUT2D eigenvalue weighted by Gasteiger charge is -2.25. The average Bonchev–Trinajstić information content (AvgIpc) is 1.81. The quantitative estimate of drug-likeness (QED) is 0.435. The van der Waals surface area contributed by atoms with E-state index in [4.69, 9.17) is 5.11 Å². The van der Waals surface area contributed by atoms with Crippen LogP contribution in [0.2, 0.25) is 0 Å². The van der Waals surface area contributed by atoms with Crippen LogP contribution in [0.25, 0.3) is 0 Å². The Morgan fingerprint density at radius 2 is 1.89 bits per heavy atom. The van der Waals surface area contributed by atoms with Crippen molar-refractivity contribution < 1.29 is 20.0 Å². The number of hydrogen-bond donors (Lipinski definition) is 2. The fraction of sp³-hybridized carbons (Fsp3) is 1.00. The van der Waals surface area contributed by atoms with Gasteiger partial charge >= 0.3 is 0 Å². The maximum absolute atomic E-state index is 9.22. The molecule has 0 aliphatic carbocycles. The maximum atomic E-state index is 9.22. The van der Waals surface area contributed by atoms with E-state index >= 15 is 0 Å². The molecule has 4 heteroatoms. The molecule has 4 nitrogen and oxygen atoms in total. The molecule has 0 aromatic carbocycles. The van der Waals surface area contributed by atoms with E-state index in [0.29, 0.717) is 0 Å². The van der Waals surface area contributed by atoms with Crippen molar-refractivity contribution in [2.24, 2.45) is 0 Å². The van der Waals surface area contributed by atoms with Gasteiger partial charge in [0.2, 0.25) is 5.79 Å². The van der Waals surface area contributed by atoms with E-state index in [2.05, 4.69) is 9.78 Å². The molecule has 0 amide bonds. The van der Waals surface area contributed by atoms with Gasteiger partial charge in [0, 0.05) is 0 Å². The highest BCUT2D eigenvalue weighted by Gasteiger charge is 2.50. The number of hydrogen-bond acceptors (Lipinski definition) is 4. The molecule has 0 saturated carbocycles. The second-order valence-corrected chi connectivity index (χ2v) is 2.60. The Balaban J connectivity index is 2.75. The number of rotatable bonds is 0. The summed E-state index contributed by atoms with van der Waals surface area (Å²) in [5, 5.41) is 18.3. The summed E-state index contributed by atoms with van der Waals surface area (Å²) in [7, 11) is 0. The zero-order valence-electron chi connectivity index (χ0n) is 5.42. The van der Waals surface area contributed by atoms with Crippen LogP contribution in [0.1, 0.15) is 13.8 Å². The summed E-state index contributed by atoms with van der Waals surface area (Å²) in [5.74, 6) is -1.58. The topological polar surface area (TPSA) is 58.9 Å². The Morgan fingerprint density at radius 1 is 1.33 bits per heavy atom. The molecule has 0 aromatic heterocycles. The summed E-state index contributed by atoms with van der Waals surface area (Å²) in [6.45, 7) is 2.79. The van der Waals surface area contributed by atoms with Crippen LogP contribution in [0.3, 0.4) is 0 Å². The van der Waals surface area contributed by atoms with Crippen LogP contribution in [0.4, 0.5) is 0 Å². The standard InChI is InChI=1S/C5H10O4/c1-4(6)3-8-9-5(4,2)7/h6-7H,3H2,1-2H3. The minimum Gasteiger partial charge on any atom is -0.382 e. The van der Waals surface area contributed by atoms with Gasteiger partial charge in [-0.1, -0.05) is 0 Å². The second-order valence-electron chi connectivity index (χ2n) is 2.60. The van der Waals surface area contributed by atoms with Crippen LogP contribution in [-0.2, 0) is 9.78 Å². The van der Waals surface area contributed by atoms with Gasteiger partial charge in [0.1, 0.15) is 12.2 Å². The zero-order chi connectivity index (χ0) is 7.12. The highest BCUT2D eigenvalue weighted by atomic mass is 17.2. The van der Waals surface area contributed by atoms with Gasteiger partial charge in [-0.05, 0) is 13.8 Å². The van der Waals surface area contributed by atoms with Gasteiger partial charge in [0.25, 0.3) is 0 Å². The van der Waals surface area contributed by atoms with Gasteiger partial charge in [-0.2, -0.15) is 4.89 Å². The fourth-order valence-electron chi connectivity index (χ4n) is 0.483. The molecular weight excluding hydrogens is 124 g/mol. The predicted octanol–water partition coefficient (Wildman–Crippen LogP) is -0.592. The van der Waals surface area contributed by atoms with Gasteiger partial charge < -0.3 is 10.2 Å². The largest absolute Gasteiger partial charge is 0.382 e. The van der Waals surface area contributed by atoms with Crippen LogP contribution >= 0.6 is 0 Å². The lowest BCUT2D eigenvalue weighted by Crippen LogP contribution is -2.47. The molecule has 2 N–H and O–H groups in total. The molecular formula is C5H10O4. The molecule has 0 aromatic rings. The van der Waals surface area contributed by atoms with E-state index in [1.54, 1.807) is 0 Å². The van der Waals surface area contributed by atoms with Crippen LogP contribution < -0.4 is 0 Å². The molecule has 1 aliphatic heterocycles. The van der Waals surface area contributed by atoms with Crippen LogP contribution in [0.5, 0.6) is 0 Å². The first-order chi connectivity index (χ1) is 3.96. The van der Waals surface area contributed by atoms with Gasteiger partial charge in [-0.3, -0.25) is 0 Å². The van der Waals surface area contributed by atoms with E-state index in [-0.39, 0.29) is 6.61 Å². The Bertz CT molecular complexity index is 104. The number of aliphatic hydroxyl groups is 2. The minimum atomic E-state index is -1.58. The van der Waals surface area contributed by atoms with Crippen LogP contribution in [-0.4, -0.2) is 28.2 Å². The Hall–Kier alpha value is -0.160. The minimum absolute atomic E-state index is 0. The summed E-state index contributed by atoms with van der Waals surface area (Å²) in [6, 6.07) is 0. The molecule has 2 atom stereocenters. The molecule has 1 heterocycles. The first kappa shape index (κ1) is 6.95. The van der Waals surface area contributed by atoms with Gasteiger partial charge in [-0.15, -0.1) is 0 Å². The average molecular weight is 134 g/mol. The highest BCUT2D eigenvalue weighted by Crippen LogP contribution is 2.29. The Kier molecular flexibility index (Phi) is 1.29. The van der Waals surface area contributed by atoms with Crippen molar-refractivity contribution in [2.75, 3.05) is 6.61 Å². The van der Waals surface area contributed by atoms with Crippen molar-refractivity contribution in [2.45, 2.75) is 25.2 Å². The maximum Gasteiger partial charge on any atom is 0.227 e. The zero-order valence-corrected chi connectivity index (χ0v) is 5.42. The van der Waals surface area contributed by atoms with Crippen molar-refractivity contribution in [3.05, 3.63) is 0 Å². The van der Waals surface area contributed by atoms with E-state index in [0.717, 1.165) is 0 Å². The van der Waals surface area contributed by atoms with E-state index in [1.807, 2.05) is 0 Å². The first-order valence-electron chi connectivity index (χ1n) is 2.71. The summed E-state index contributed by atoms with van der Waals surface area (Å²) in [6.07, 6.45) is 0. The molecule has 9 heavy (non-hydrogen) atoms. The van der Waals surface area contributed by atoms with Gasteiger partial charge in [0.15, 0.2) is 0 Å². The second kappa shape index (κ2) is 1.67. The summed E-state index contributed by atoms with van der Waals surface area (Å²) in [4.78, 5) is 8.74. The Labute approximate surface area is 52.9 Å². The summed E-state index contributed by atoms with van der Waals surface area (Å²) >= 11 is 0. The van der Waals surface area contributed by atoms with Gasteiger partial charge in [0.05, 0.1) is 0 Å². The van der Waals surface area contributed by atoms with Gasteiger partial charge in [-0.25, -0.2) is 4.89 Å². The van der Waals surface area contributed by atoms with Crippen molar-refractivity contribution in [1.82, 2.24) is 0 Å². The Morgan fingerprint density at radius 3 is 2.00 bits per heavy atom. The summed E-state index contributed by atoms with van der Waals surface area (Å²) in [5.41, 5.74) is -1.30. The molecule has 1 aliphatic rings. The smallest absolute Gasteiger partial charge is 0.227 e. The molecule has 54 valence electrons. The third kappa shape index (κ3) is 0.943. The SMILES string of the molecule is CC1(O)COOC1(C)O. The van der Waals surface area contributed by atoms with E-state index in [1.165, 1.54) is 13.8 Å². The molecule has 0 radical (unpaired) electrons. The molecule has 2 unspecified atom stereocenters. The third-order valence-electron chi connectivity index (χ3n) is 1.56. The van der Waals surface area contributed by atoms with E-state index in [9.17, 15) is 5.11 Å². The monoisotopic (exact) mass is 134 g/mol. The summed E-state index contributed by atoms with van der Waals surface area (Å²) < 4.78 is 0. The van der Waals surface area contributed by atoms with E-state index < -0.39 is 11.4 Å². The lowest BCUT2D eigenvalue weighted by molar-refractivity contribution is -0.372.